The van der Waals surface area contributed by atoms with Crippen molar-refractivity contribution in [1.82, 2.24) is 0 Å². The average molecular weight is 361 g/mol. The van der Waals surface area contributed by atoms with Crippen molar-refractivity contribution >= 4 is 32.2 Å². The average Bonchev–Trinajstić information content (AvgIpc) is 2.58. The lowest BCUT2D eigenvalue weighted by molar-refractivity contribution is 0.580. The highest BCUT2D eigenvalue weighted by Crippen LogP contribution is 2.11. The summed E-state index contributed by atoms with van der Waals surface area (Å²) in [5.41, 5.74) is 0. The Bertz CT molecular complexity index is 381. The van der Waals surface area contributed by atoms with Crippen molar-refractivity contribution in [3.8, 4) is 0 Å². The first-order valence-electron chi connectivity index (χ1n) is 9.61. The van der Waals surface area contributed by atoms with Crippen molar-refractivity contribution < 1.29 is 8.42 Å². The summed E-state index contributed by atoms with van der Waals surface area (Å²) in [5.74, 6) is 0. The summed E-state index contributed by atoms with van der Waals surface area (Å²) in [5, 5.41) is 0. The van der Waals surface area contributed by atoms with Gasteiger partial charge in [0.15, 0.2) is 0 Å². The maximum atomic E-state index is 11.3. The van der Waals surface area contributed by atoms with Gasteiger partial charge in [0.25, 0.3) is 0 Å². The standard InChI is InChI=1S/C19H36O2S2/c1-3-5-7-9-10-11-13-15-17-19(23-21)18(22-20)16-14-12-8-6-4-2/h3-17H2,1-2H3. The van der Waals surface area contributed by atoms with Gasteiger partial charge in [-0.15, -0.1) is 0 Å². The normalized spacial score (nSPS) is 10.5. The largest absolute Gasteiger partial charge is 0.212 e. The zero-order valence-corrected chi connectivity index (χ0v) is 16.9. The van der Waals surface area contributed by atoms with Gasteiger partial charge in [0.05, 0.1) is 32.2 Å². The maximum Gasteiger partial charge on any atom is 0.0933 e. The summed E-state index contributed by atoms with van der Waals surface area (Å²) in [6.45, 7) is 4.44. The van der Waals surface area contributed by atoms with Crippen LogP contribution in [-0.4, -0.2) is 18.1 Å². The molecule has 0 rings (SSSR count). The van der Waals surface area contributed by atoms with Gasteiger partial charge in [0.2, 0.25) is 0 Å². The molecule has 0 bridgehead atoms. The van der Waals surface area contributed by atoms with E-state index in [0.29, 0.717) is 22.5 Å². The number of unbranched alkanes of at least 4 members (excludes halogenated alkanes) is 11. The summed E-state index contributed by atoms with van der Waals surface area (Å²) in [6, 6.07) is 0. The van der Waals surface area contributed by atoms with E-state index in [1.54, 1.807) is 0 Å². The lowest BCUT2D eigenvalue weighted by Crippen LogP contribution is -2.14. The number of hydrogen-bond donors (Lipinski definition) is 0. The molecule has 0 aliphatic heterocycles. The third-order valence-corrected chi connectivity index (χ3v) is 5.71. The number of hydrogen-bond acceptors (Lipinski definition) is 2. The zero-order chi connectivity index (χ0) is 17.2. The molecule has 23 heavy (non-hydrogen) atoms. The van der Waals surface area contributed by atoms with Crippen molar-refractivity contribution in [2.75, 3.05) is 0 Å². The van der Waals surface area contributed by atoms with E-state index >= 15 is 0 Å². The van der Waals surface area contributed by atoms with Gasteiger partial charge in [-0.25, -0.2) is 8.42 Å². The van der Waals surface area contributed by atoms with Crippen LogP contribution in [0.4, 0.5) is 0 Å². The van der Waals surface area contributed by atoms with Gasteiger partial charge in [-0.05, 0) is 25.7 Å². The molecule has 2 nitrogen and oxygen atoms in total. The molecule has 136 valence electrons. The first-order chi connectivity index (χ1) is 11.3. The molecule has 4 heteroatoms. The highest BCUT2D eigenvalue weighted by Gasteiger charge is 2.08. The zero-order valence-electron chi connectivity index (χ0n) is 15.2. The Morgan fingerprint density at radius 1 is 0.522 bits per heavy atom. The van der Waals surface area contributed by atoms with Crippen molar-refractivity contribution in [2.24, 2.45) is 0 Å². The number of rotatable bonds is 16. The van der Waals surface area contributed by atoms with Crippen LogP contribution in [0.15, 0.2) is 0 Å². The SMILES string of the molecule is CCCCCCCCCCC(=S=O)C(CCCCCCC)=S=O. The van der Waals surface area contributed by atoms with Crippen molar-refractivity contribution in [3.05, 3.63) is 0 Å². The second-order valence-electron chi connectivity index (χ2n) is 6.40. The molecule has 0 N–H and O–H groups in total. The molecule has 0 spiro atoms. The Hall–Kier alpha value is -0.220. The van der Waals surface area contributed by atoms with Crippen molar-refractivity contribution in [3.63, 3.8) is 0 Å². The van der Waals surface area contributed by atoms with Gasteiger partial charge < -0.3 is 0 Å². The van der Waals surface area contributed by atoms with Gasteiger partial charge in [-0.2, -0.15) is 0 Å². The molecule has 0 saturated carbocycles. The smallest absolute Gasteiger partial charge is 0.0933 e. The third-order valence-electron chi connectivity index (χ3n) is 4.28. The van der Waals surface area contributed by atoms with E-state index in [0.717, 1.165) is 35.4 Å². The van der Waals surface area contributed by atoms with E-state index in [-0.39, 0.29) is 0 Å². The Morgan fingerprint density at radius 3 is 1.13 bits per heavy atom. The minimum Gasteiger partial charge on any atom is -0.212 e. The van der Waals surface area contributed by atoms with Crippen LogP contribution in [0.2, 0.25) is 0 Å². The van der Waals surface area contributed by atoms with Crippen LogP contribution < -0.4 is 0 Å². The first kappa shape index (κ1) is 22.8. The summed E-state index contributed by atoms with van der Waals surface area (Å²) in [7, 11) is 0. The highest BCUT2D eigenvalue weighted by molar-refractivity contribution is 7.76. The van der Waals surface area contributed by atoms with Gasteiger partial charge >= 0.3 is 0 Å². The monoisotopic (exact) mass is 360 g/mol. The van der Waals surface area contributed by atoms with Crippen LogP contribution in [0.5, 0.6) is 0 Å². The molecule has 0 aromatic rings. The van der Waals surface area contributed by atoms with Gasteiger partial charge in [0, 0.05) is 0 Å². The molecule has 0 aromatic heterocycles. The quantitative estimate of drug-likeness (QED) is 0.263. The summed E-state index contributed by atoms with van der Waals surface area (Å²) >= 11 is 1.11. The maximum absolute atomic E-state index is 11.3. The minimum absolute atomic E-state index is 0.553. The van der Waals surface area contributed by atoms with Gasteiger partial charge in [-0.3, -0.25) is 0 Å². The molecular weight excluding hydrogens is 324 g/mol. The molecular formula is C19H36O2S2. The molecule has 0 amide bonds. The van der Waals surface area contributed by atoms with Crippen LogP contribution in [0, 0.1) is 0 Å². The molecule has 0 fully saturated rings. The molecule has 0 aromatic carbocycles. The van der Waals surface area contributed by atoms with Gasteiger partial charge in [-0.1, -0.05) is 84.5 Å². The Balaban J connectivity index is 3.85. The predicted octanol–water partition coefficient (Wildman–Crippen LogP) is 5.65. The third kappa shape index (κ3) is 13.9. The van der Waals surface area contributed by atoms with Crippen molar-refractivity contribution in [1.29, 1.82) is 0 Å². The highest BCUT2D eigenvalue weighted by atomic mass is 32.1. The van der Waals surface area contributed by atoms with E-state index in [4.69, 9.17) is 0 Å². The summed E-state index contributed by atoms with van der Waals surface area (Å²) in [6.07, 6.45) is 17.7. The lowest BCUT2D eigenvalue weighted by Gasteiger charge is -2.06. The van der Waals surface area contributed by atoms with Crippen molar-refractivity contribution in [2.45, 2.75) is 110 Å². The van der Waals surface area contributed by atoms with Gasteiger partial charge in [0.1, 0.15) is 0 Å². The molecule has 0 heterocycles. The van der Waals surface area contributed by atoms with Crippen LogP contribution in [-0.2, 0) is 22.5 Å². The minimum atomic E-state index is 0.553. The fraction of sp³-hybridized carbons (Fsp3) is 0.895. The first-order valence-corrected chi connectivity index (χ1v) is 11.1. The molecule has 0 unspecified atom stereocenters. The molecule has 0 aliphatic carbocycles. The fourth-order valence-electron chi connectivity index (χ4n) is 2.76. The molecule has 0 radical (unpaired) electrons. The van der Waals surface area contributed by atoms with Crippen LogP contribution in [0.1, 0.15) is 110 Å². The Labute approximate surface area is 151 Å². The second kappa shape index (κ2) is 18.1. The summed E-state index contributed by atoms with van der Waals surface area (Å²) < 4.78 is 22.6. The van der Waals surface area contributed by atoms with Crippen LogP contribution >= 0.6 is 0 Å². The predicted molar refractivity (Wildman–Crippen MR) is 107 cm³/mol. The van der Waals surface area contributed by atoms with E-state index in [9.17, 15) is 8.42 Å². The Kier molecular flexibility index (Phi) is 18.0. The molecule has 0 aliphatic rings. The van der Waals surface area contributed by atoms with Crippen LogP contribution in [0.3, 0.4) is 0 Å². The lowest BCUT2D eigenvalue weighted by atomic mass is 10.0. The van der Waals surface area contributed by atoms with E-state index < -0.39 is 0 Å². The molecule has 0 atom stereocenters. The summed E-state index contributed by atoms with van der Waals surface area (Å²) in [4.78, 5) is 1.62. The topological polar surface area (TPSA) is 34.1 Å². The van der Waals surface area contributed by atoms with E-state index in [2.05, 4.69) is 13.8 Å². The van der Waals surface area contributed by atoms with E-state index in [1.807, 2.05) is 0 Å². The second-order valence-corrected chi connectivity index (χ2v) is 7.72. The molecule has 0 saturated heterocycles. The fourth-order valence-corrected chi connectivity index (χ4v) is 3.81. The Morgan fingerprint density at radius 2 is 0.826 bits per heavy atom. The van der Waals surface area contributed by atoms with E-state index in [1.165, 1.54) is 70.6 Å². The van der Waals surface area contributed by atoms with Crippen LogP contribution in [0.25, 0.3) is 0 Å².